The summed E-state index contributed by atoms with van der Waals surface area (Å²) in [6, 6.07) is 0. The molecule has 0 aliphatic heterocycles. The van der Waals surface area contributed by atoms with Crippen molar-refractivity contribution in [3.8, 4) is 0 Å². The normalized spacial score (nSPS) is 15.5. The summed E-state index contributed by atoms with van der Waals surface area (Å²) in [4.78, 5) is 22.9. The number of aliphatic carboxylic acids is 1. The van der Waals surface area contributed by atoms with Crippen molar-refractivity contribution in [1.82, 2.24) is 0 Å². The molecule has 0 heterocycles. The molecule has 0 saturated carbocycles. The maximum atomic E-state index is 11.8. The zero-order chi connectivity index (χ0) is 14.2. The van der Waals surface area contributed by atoms with Crippen molar-refractivity contribution >= 4 is 11.9 Å². The highest BCUT2D eigenvalue weighted by Crippen LogP contribution is 2.24. The third kappa shape index (κ3) is 4.90. The summed E-state index contributed by atoms with van der Waals surface area (Å²) in [5, 5.41) is 9.09. The van der Waals surface area contributed by atoms with Gasteiger partial charge in [-0.05, 0) is 25.7 Å². The molecule has 2 unspecified atom stereocenters. The number of unbranched alkanes of at least 4 members (excludes halogenated alkanes) is 1. The van der Waals surface area contributed by atoms with Gasteiger partial charge >= 0.3 is 11.9 Å². The molecule has 0 amide bonds. The molecule has 0 radical (unpaired) electrons. The molecule has 0 bridgehead atoms. The molecular weight excluding hydrogens is 232 g/mol. The molecule has 4 nitrogen and oxygen atoms in total. The van der Waals surface area contributed by atoms with E-state index in [2.05, 4.69) is 13.5 Å². The van der Waals surface area contributed by atoms with Gasteiger partial charge in [0.2, 0.25) is 0 Å². The van der Waals surface area contributed by atoms with Crippen molar-refractivity contribution in [2.24, 2.45) is 11.3 Å². The standard InChI is InChI=1S/C14H24O4/c1-5-7-8-11(3)10-18-13(17)14(4,9-6-2)12(15)16/h6,11H,2,5,7-10H2,1,3-4H3,(H,15,16). The van der Waals surface area contributed by atoms with Crippen molar-refractivity contribution in [2.75, 3.05) is 6.61 Å². The topological polar surface area (TPSA) is 63.6 Å². The molecule has 18 heavy (non-hydrogen) atoms. The molecular formula is C14H24O4. The molecule has 0 saturated heterocycles. The van der Waals surface area contributed by atoms with Gasteiger partial charge in [-0.25, -0.2) is 0 Å². The van der Waals surface area contributed by atoms with Crippen LogP contribution in [0.3, 0.4) is 0 Å². The van der Waals surface area contributed by atoms with Crippen LogP contribution >= 0.6 is 0 Å². The van der Waals surface area contributed by atoms with Crippen LogP contribution in [0.25, 0.3) is 0 Å². The SMILES string of the molecule is C=CCC(C)(C(=O)O)C(=O)OCC(C)CCCC. The number of allylic oxidation sites excluding steroid dienone is 1. The van der Waals surface area contributed by atoms with Crippen LogP contribution in [0.1, 0.15) is 46.5 Å². The minimum Gasteiger partial charge on any atom is -0.480 e. The Morgan fingerprint density at radius 2 is 2.11 bits per heavy atom. The molecule has 0 aromatic rings. The van der Waals surface area contributed by atoms with E-state index in [1.807, 2.05) is 6.92 Å². The molecule has 0 rings (SSSR count). The van der Waals surface area contributed by atoms with E-state index < -0.39 is 17.4 Å². The van der Waals surface area contributed by atoms with Gasteiger partial charge in [0.15, 0.2) is 5.41 Å². The summed E-state index contributed by atoms with van der Waals surface area (Å²) in [5.41, 5.74) is -1.52. The van der Waals surface area contributed by atoms with Crippen LogP contribution in [-0.4, -0.2) is 23.7 Å². The molecule has 2 atom stereocenters. The molecule has 0 fully saturated rings. The smallest absolute Gasteiger partial charge is 0.323 e. The highest BCUT2D eigenvalue weighted by molar-refractivity contribution is 5.98. The van der Waals surface area contributed by atoms with Crippen LogP contribution in [0, 0.1) is 11.3 Å². The first kappa shape index (κ1) is 16.7. The number of rotatable bonds is 9. The fourth-order valence-corrected chi connectivity index (χ4v) is 1.56. The monoisotopic (exact) mass is 256 g/mol. The first-order valence-corrected chi connectivity index (χ1v) is 6.40. The predicted molar refractivity (Wildman–Crippen MR) is 70.2 cm³/mol. The summed E-state index contributed by atoms with van der Waals surface area (Å²) in [6.07, 6.45) is 4.67. The Morgan fingerprint density at radius 3 is 2.56 bits per heavy atom. The lowest BCUT2D eigenvalue weighted by atomic mass is 9.87. The average molecular weight is 256 g/mol. The van der Waals surface area contributed by atoms with Gasteiger partial charge in [-0.2, -0.15) is 0 Å². The van der Waals surface area contributed by atoms with Crippen molar-refractivity contribution < 1.29 is 19.4 Å². The maximum absolute atomic E-state index is 11.8. The van der Waals surface area contributed by atoms with Crippen LogP contribution in [-0.2, 0) is 14.3 Å². The second kappa shape index (κ2) is 7.90. The van der Waals surface area contributed by atoms with Gasteiger partial charge in [0.25, 0.3) is 0 Å². The maximum Gasteiger partial charge on any atom is 0.323 e. The Balaban J connectivity index is 4.36. The minimum atomic E-state index is -1.52. The van der Waals surface area contributed by atoms with E-state index in [0.717, 1.165) is 19.3 Å². The Bertz CT molecular complexity index is 298. The van der Waals surface area contributed by atoms with E-state index in [1.54, 1.807) is 0 Å². The van der Waals surface area contributed by atoms with E-state index >= 15 is 0 Å². The van der Waals surface area contributed by atoms with Gasteiger partial charge in [-0.15, -0.1) is 6.58 Å². The second-order valence-electron chi connectivity index (χ2n) is 4.98. The van der Waals surface area contributed by atoms with E-state index in [-0.39, 0.29) is 18.9 Å². The third-order valence-corrected chi connectivity index (χ3v) is 3.02. The molecule has 104 valence electrons. The summed E-state index contributed by atoms with van der Waals surface area (Å²) in [6.45, 7) is 9.22. The predicted octanol–water partition coefficient (Wildman–Crippen LogP) is 3.02. The highest BCUT2D eigenvalue weighted by Gasteiger charge is 2.41. The highest BCUT2D eigenvalue weighted by atomic mass is 16.5. The fourth-order valence-electron chi connectivity index (χ4n) is 1.56. The van der Waals surface area contributed by atoms with Gasteiger partial charge in [0.05, 0.1) is 6.61 Å². The van der Waals surface area contributed by atoms with Gasteiger partial charge in [0.1, 0.15) is 0 Å². The van der Waals surface area contributed by atoms with Crippen molar-refractivity contribution in [1.29, 1.82) is 0 Å². The molecule has 0 aliphatic carbocycles. The fraction of sp³-hybridized carbons (Fsp3) is 0.714. The van der Waals surface area contributed by atoms with Crippen LogP contribution in [0.4, 0.5) is 0 Å². The van der Waals surface area contributed by atoms with Gasteiger partial charge in [0, 0.05) is 0 Å². The van der Waals surface area contributed by atoms with Crippen molar-refractivity contribution in [3.05, 3.63) is 12.7 Å². The van der Waals surface area contributed by atoms with Crippen LogP contribution in [0.15, 0.2) is 12.7 Å². The molecule has 0 aromatic carbocycles. The summed E-state index contributed by atoms with van der Waals surface area (Å²) in [5.74, 6) is -1.59. The summed E-state index contributed by atoms with van der Waals surface area (Å²) < 4.78 is 5.11. The third-order valence-electron chi connectivity index (χ3n) is 3.02. The van der Waals surface area contributed by atoms with E-state index in [1.165, 1.54) is 13.0 Å². The lowest BCUT2D eigenvalue weighted by Gasteiger charge is -2.22. The number of carbonyl (C=O) groups excluding carboxylic acids is 1. The summed E-state index contributed by atoms with van der Waals surface area (Å²) >= 11 is 0. The quantitative estimate of drug-likeness (QED) is 0.391. The Morgan fingerprint density at radius 1 is 1.50 bits per heavy atom. The molecule has 0 spiro atoms. The van der Waals surface area contributed by atoms with E-state index in [4.69, 9.17) is 9.84 Å². The largest absolute Gasteiger partial charge is 0.480 e. The number of ether oxygens (including phenoxy) is 1. The zero-order valence-corrected chi connectivity index (χ0v) is 11.6. The van der Waals surface area contributed by atoms with Crippen LogP contribution < -0.4 is 0 Å². The molecule has 1 N–H and O–H groups in total. The Labute approximate surface area is 109 Å². The lowest BCUT2D eigenvalue weighted by molar-refractivity contribution is -0.168. The lowest BCUT2D eigenvalue weighted by Crippen LogP contribution is -2.38. The van der Waals surface area contributed by atoms with Crippen LogP contribution in [0.2, 0.25) is 0 Å². The first-order chi connectivity index (χ1) is 8.38. The molecule has 4 heteroatoms. The number of hydrogen-bond donors (Lipinski definition) is 1. The molecule has 0 aliphatic rings. The first-order valence-electron chi connectivity index (χ1n) is 6.40. The number of carboxylic acids is 1. The van der Waals surface area contributed by atoms with Gasteiger partial charge < -0.3 is 9.84 Å². The van der Waals surface area contributed by atoms with Crippen molar-refractivity contribution in [2.45, 2.75) is 46.5 Å². The van der Waals surface area contributed by atoms with Gasteiger partial charge in [-0.1, -0.05) is 32.8 Å². The molecule has 0 aromatic heterocycles. The van der Waals surface area contributed by atoms with E-state index in [9.17, 15) is 9.59 Å². The average Bonchev–Trinajstić information content (AvgIpc) is 2.33. The zero-order valence-electron chi connectivity index (χ0n) is 11.6. The number of esters is 1. The number of carbonyl (C=O) groups is 2. The summed E-state index contributed by atoms with van der Waals surface area (Å²) in [7, 11) is 0. The second-order valence-corrected chi connectivity index (χ2v) is 4.98. The minimum absolute atomic E-state index is 0.0739. The van der Waals surface area contributed by atoms with Crippen LogP contribution in [0.5, 0.6) is 0 Å². The number of carboxylic acid groups (broad SMARTS) is 1. The van der Waals surface area contributed by atoms with E-state index in [0.29, 0.717) is 0 Å². The Hall–Kier alpha value is -1.32. The number of hydrogen-bond acceptors (Lipinski definition) is 3. The van der Waals surface area contributed by atoms with Crippen molar-refractivity contribution in [3.63, 3.8) is 0 Å². The van der Waals surface area contributed by atoms with Gasteiger partial charge in [-0.3, -0.25) is 9.59 Å². The Kier molecular flexibility index (Phi) is 7.32.